The van der Waals surface area contributed by atoms with Gasteiger partial charge in [0, 0.05) is 5.56 Å². The molecule has 0 spiro atoms. The van der Waals surface area contributed by atoms with Gasteiger partial charge in [-0.3, -0.25) is 4.79 Å². The van der Waals surface area contributed by atoms with Crippen molar-refractivity contribution in [1.29, 1.82) is 0 Å². The van der Waals surface area contributed by atoms with E-state index >= 15 is 0 Å². The first-order chi connectivity index (χ1) is 9.06. The Hall–Kier alpha value is -2.42. The summed E-state index contributed by atoms with van der Waals surface area (Å²) in [7, 11) is 0. The molecule has 0 saturated heterocycles. The standard InChI is InChI=1S/C16H14O3/c1-11-3-5-14(6-4-11)16(18)19-15-9-7-13(8-10-15)12(2)17/h3-10H,1-2H3. The van der Waals surface area contributed by atoms with E-state index < -0.39 is 5.97 Å². The number of hydrogen-bond donors (Lipinski definition) is 0. The van der Waals surface area contributed by atoms with Crippen molar-refractivity contribution in [2.24, 2.45) is 0 Å². The number of benzene rings is 2. The van der Waals surface area contributed by atoms with Gasteiger partial charge in [-0.25, -0.2) is 4.79 Å². The zero-order valence-corrected chi connectivity index (χ0v) is 10.8. The van der Waals surface area contributed by atoms with E-state index in [1.807, 2.05) is 19.1 Å². The van der Waals surface area contributed by atoms with Gasteiger partial charge in [0.15, 0.2) is 5.78 Å². The fourth-order valence-corrected chi connectivity index (χ4v) is 1.61. The minimum atomic E-state index is -0.407. The third kappa shape index (κ3) is 3.28. The fourth-order valence-electron chi connectivity index (χ4n) is 1.61. The maximum absolute atomic E-state index is 11.9. The predicted octanol–water partition coefficient (Wildman–Crippen LogP) is 3.42. The van der Waals surface area contributed by atoms with Gasteiger partial charge in [0.05, 0.1) is 5.56 Å². The number of esters is 1. The highest BCUT2D eigenvalue weighted by atomic mass is 16.5. The van der Waals surface area contributed by atoms with Crippen molar-refractivity contribution in [3.05, 3.63) is 65.2 Å². The number of carbonyl (C=O) groups is 2. The van der Waals surface area contributed by atoms with Crippen molar-refractivity contribution in [2.75, 3.05) is 0 Å². The highest BCUT2D eigenvalue weighted by Gasteiger charge is 2.08. The van der Waals surface area contributed by atoms with Gasteiger partial charge in [-0.05, 0) is 50.2 Å². The molecule has 2 aromatic carbocycles. The number of hydrogen-bond acceptors (Lipinski definition) is 3. The zero-order valence-electron chi connectivity index (χ0n) is 10.8. The van der Waals surface area contributed by atoms with Crippen LogP contribution in [0.4, 0.5) is 0 Å². The predicted molar refractivity (Wildman–Crippen MR) is 72.6 cm³/mol. The Morgan fingerprint density at radius 2 is 1.37 bits per heavy atom. The number of ketones is 1. The second-order valence-corrected chi connectivity index (χ2v) is 4.34. The Morgan fingerprint density at radius 3 is 1.89 bits per heavy atom. The van der Waals surface area contributed by atoms with Crippen molar-refractivity contribution < 1.29 is 14.3 Å². The van der Waals surface area contributed by atoms with E-state index in [1.54, 1.807) is 36.4 Å². The Kier molecular flexibility index (Phi) is 3.76. The Balaban J connectivity index is 2.10. The molecule has 3 heteroatoms. The maximum atomic E-state index is 11.9. The van der Waals surface area contributed by atoms with E-state index in [9.17, 15) is 9.59 Å². The first-order valence-electron chi connectivity index (χ1n) is 5.96. The number of aryl methyl sites for hydroxylation is 1. The van der Waals surface area contributed by atoms with Crippen molar-refractivity contribution in [2.45, 2.75) is 13.8 Å². The Labute approximate surface area is 111 Å². The summed E-state index contributed by atoms with van der Waals surface area (Å²) in [5.41, 5.74) is 2.18. The van der Waals surface area contributed by atoms with Crippen LogP contribution in [0.2, 0.25) is 0 Å². The number of rotatable bonds is 3. The van der Waals surface area contributed by atoms with E-state index in [0.717, 1.165) is 5.56 Å². The summed E-state index contributed by atoms with van der Waals surface area (Å²) in [5.74, 6) is 0.00237. The third-order valence-electron chi connectivity index (χ3n) is 2.76. The molecule has 0 aliphatic heterocycles. The van der Waals surface area contributed by atoms with Crippen molar-refractivity contribution >= 4 is 11.8 Å². The lowest BCUT2D eigenvalue weighted by Crippen LogP contribution is -2.08. The Morgan fingerprint density at radius 1 is 0.842 bits per heavy atom. The van der Waals surface area contributed by atoms with Crippen LogP contribution in [0, 0.1) is 6.92 Å². The van der Waals surface area contributed by atoms with Crippen LogP contribution in [0.25, 0.3) is 0 Å². The number of ether oxygens (including phenoxy) is 1. The molecule has 0 N–H and O–H groups in total. The van der Waals surface area contributed by atoms with Crippen molar-refractivity contribution in [1.82, 2.24) is 0 Å². The quantitative estimate of drug-likeness (QED) is 0.479. The molecule has 3 nitrogen and oxygen atoms in total. The molecule has 2 rings (SSSR count). The normalized spacial score (nSPS) is 10.0. The molecule has 0 fully saturated rings. The van der Waals surface area contributed by atoms with Gasteiger partial charge in [-0.1, -0.05) is 17.7 Å². The summed E-state index contributed by atoms with van der Waals surface area (Å²) in [6.07, 6.45) is 0. The van der Waals surface area contributed by atoms with E-state index in [4.69, 9.17) is 4.74 Å². The van der Waals surface area contributed by atoms with Crippen molar-refractivity contribution in [3.63, 3.8) is 0 Å². The van der Waals surface area contributed by atoms with Crippen LogP contribution in [0.5, 0.6) is 5.75 Å². The van der Waals surface area contributed by atoms with E-state index in [-0.39, 0.29) is 5.78 Å². The molecule has 96 valence electrons. The van der Waals surface area contributed by atoms with Crippen LogP contribution in [-0.2, 0) is 0 Å². The van der Waals surface area contributed by atoms with Crippen LogP contribution >= 0.6 is 0 Å². The first-order valence-corrected chi connectivity index (χ1v) is 5.96. The highest BCUT2D eigenvalue weighted by Crippen LogP contribution is 2.15. The maximum Gasteiger partial charge on any atom is 0.343 e. The first kappa shape index (κ1) is 13.0. The molecular weight excluding hydrogens is 240 g/mol. The van der Waals surface area contributed by atoms with Gasteiger partial charge in [0.1, 0.15) is 5.75 Å². The number of Topliss-reactive ketones (excluding diaryl/α,β-unsaturated/α-hetero) is 1. The lowest BCUT2D eigenvalue weighted by Gasteiger charge is -2.05. The second-order valence-electron chi connectivity index (χ2n) is 4.34. The molecule has 0 aliphatic rings. The molecule has 0 bridgehead atoms. The molecule has 0 heterocycles. The lowest BCUT2D eigenvalue weighted by molar-refractivity contribution is 0.0734. The van der Waals surface area contributed by atoms with Gasteiger partial charge >= 0.3 is 5.97 Å². The minimum absolute atomic E-state index is 0.0172. The average molecular weight is 254 g/mol. The SMILES string of the molecule is CC(=O)c1ccc(OC(=O)c2ccc(C)cc2)cc1. The molecule has 0 aromatic heterocycles. The minimum Gasteiger partial charge on any atom is -0.423 e. The summed E-state index contributed by atoms with van der Waals surface area (Å²) < 4.78 is 5.22. The van der Waals surface area contributed by atoms with Gasteiger partial charge in [0.25, 0.3) is 0 Å². The van der Waals surface area contributed by atoms with E-state index in [1.165, 1.54) is 6.92 Å². The molecular formula is C16H14O3. The molecule has 0 saturated carbocycles. The molecule has 0 radical (unpaired) electrons. The third-order valence-corrected chi connectivity index (χ3v) is 2.76. The van der Waals surface area contributed by atoms with Crippen molar-refractivity contribution in [3.8, 4) is 5.75 Å². The molecule has 0 amide bonds. The monoisotopic (exact) mass is 254 g/mol. The molecule has 0 aliphatic carbocycles. The summed E-state index contributed by atoms with van der Waals surface area (Å²) in [6, 6.07) is 13.7. The second kappa shape index (κ2) is 5.48. The van der Waals surface area contributed by atoms with Crippen LogP contribution in [0.15, 0.2) is 48.5 Å². The summed E-state index contributed by atoms with van der Waals surface area (Å²) in [5, 5.41) is 0. The molecule has 19 heavy (non-hydrogen) atoms. The van der Waals surface area contributed by atoms with Gasteiger partial charge in [-0.15, -0.1) is 0 Å². The van der Waals surface area contributed by atoms with Gasteiger partial charge < -0.3 is 4.74 Å². The van der Waals surface area contributed by atoms with Gasteiger partial charge in [-0.2, -0.15) is 0 Å². The zero-order chi connectivity index (χ0) is 13.8. The summed E-state index contributed by atoms with van der Waals surface area (Å²) in [4.78, 5) is 23.0. The molecule has 0 unspecified atom stereocenters. The van der Waals surface area contributed by atoms with Crippen LogP contribution in [-0.4, -0.2) is 11.8 Å². The van der Waals surface area contributed by atoms with Crippen LogP contribution in [0.3, 0.4) is 0 Å². The average Bonchev–Trinajstić information content (AvgIpc) is 2.40. The topological polar surface area (TPSA) is 43.4 Å². The number of carbonyl (C=O) groups excluding carboxylic acids is 2. The largest absolute Gasteiger partial charge is 0.423 e. The fraction of sp³-hybridized carbons (Fsp3) is 0.125. The summed E-state index contributed by atoms with van der Waals surface area (Å²) >= 11 is 0. The smallest absolute Gasteiger partial charge is 0.343 e. The van der Waals surface area contributed by atoms with E-state index in [0.29, 0.717) is 16.9 Å². The molecule has 0 atom stereocenters. The highest BCUT2D eigenvalue weighted by molar-refractivity contribution is 5.94. The van der Waals surface area contributed by atoms with Gasteiger partial charge in [0.2, 0.25) is 0 Å². The van der Waals surface area contributed by atoms with E-state index in [2.05, 4.69) is 0 Å². The summed E-state index contributed by atoms with van der Waals surface area (Å²) in [6.45, 7) is 3.45. The molecule has 2 aromatic rings. The Bertz CT molecular complexity index is 595. The van der Waals surface area contributed by atoms with Crippen LogP contribution < -0.4 is 4.74 Å². The lowest BCUT2D eigenvalue weighted by atomic mass is 10.1. The van der Waals surface area contributed by atoms with Crippen LogP contribution in [0.1, 0.15) is 33.2 Å².